The van der Waals surface area contributed by atoms with Gasteiger partial charge in [-0.25, -0.2) is 4.79 Å². The van der Waals surface area contributed by atoms with Crippen LogP contribution in [-0.4, -0.2) is 17.8 Å². The highest BCUT2D eigenvalue weighted by Gasteiger charge is 2.02. The number of ether oxygens (including phenoxy) is 1. The smallest absolute Gasteiger partial charge is 0.410 e. The van der Waals surface area contributed by atoms with Crippen LogP contribution in [0.5, 0.6) is 5.75 Å². The number of benzene rings is 1. The van der Waals surface area contributed by atoms with Crippen LogP contribution in [0.3, 0.4) is 0 Å². The van der Waals surface area contributed by atoms with E-state index in [1.165, 1.54) is 0 Å². The molecule has 0 aliphatic carbocycles. The highest BCUT2D eigenvalue weighted by Crippen LogP contribution is 2.17. The molecule has 90 valence electrons. The molecule has 0 atom stereocenters. The fourth-order valence-corrected chi connectivity index (χ4v) is 1.26. The molecule has 0 aromatic heterocycles. The van der Waals surface area contributed by atoms with E-state index in [0.29, 0.717) is 18.0 Å². The van der Waals surface area contributed by atoms with Crippen molar-refractivity contribution in [3.05, 3.63) is 24.3 Å². The normalized spacial score (nSPS) is 9.24. The molecular weight excluding hydrogens is 236 g/mol. The number of hydrogen-bond donors (Lipinski definition) is 1. The summed E-state index contributed by atoms with van der Waals surface area (Å²) in [4.78, 5) is 15.1. The summed E-state index contributed by atoms with van der Waals surface area (Å²) in [7, 11) is 0. The molecule has 1 aromatic rings. The number of aliphatic imine (C=N–C) groups is 1. The molecule has 1 N–H and O–H groups in total. The van der Waals surface area contributed by atoms with Crippen LogP contribution in [0.1, 0.15) is 19.8 Å². The molecule has 0 unspecified atom stereocenters. The number of rotatable bonds is 5. The highest BCUT2D eigenvalue weighted by molar-refractivity contribution is 7.78. The predicted octanol–water partition coefficient (Wildman–Crippen LogP) is 3.31. The molecule has 1 aromatic carbocycles. The molecule has 0 bridgehead atoms. The number of hydrogen-bond acceptors (Lipinski definition) is 4. The molecule has 0 saturated heterocycles. The summed E-state index contributed by atoms with van der Waals surface area (Å²) in [5, 5.41) is 4.93. The molecule has 0 saturated carbocycles. The Morgan fingerprint density at radius 2 is 2.18 bits per heavy atom. The Bertz CT molecular complexity index is 411. The van der Waals surface area contributed by atoms with Gasteiger partial charge in [0.05, 0.1) is 10.8 Å². The first kappa shape index (κ1) is 13.4. The van der Waals surface area contributed by atoms with Crippen molar-refractivity contribution in [2.24, 2.45) is 4.99 Å². The Labute approximate surface area is 106 Å². The summed E-state index contributed by atoms with van der Waals surface area (Å²) in [5.74, 6) is 0.474. The van der Waals surface area contributed by atoms with Gasteiger partial charge in [-0.05, 0) is 42.9 Å². The van der Waals surface area contributed by atoms with Gasteiger partial charge in [-0.3, -0.25) is 0 Å². The number of carbonyl (C=O) groups excluding carboxylic acids is 1. The van der Waals surface area contributed by atoms with Gasteiger partial charge < -0.3 is 10.1 Å². The fraction of sp³-hybridized carbons (Fsp3) is 0.333. The Balaban J connectivity index is 2.45. The number of isothiocyanates is 1. The zero-order valence-electron chi connectivity index (χ0n) is 9.60. The van der Waals surface area contributed by atoms with Crippen molar-refractivity contribution in [1.29, 1.82) is 0 Å². The minimum absolute atomic E-state index is 0.440. The van der Waals surface area contributed by atoms with E-state index in [9.17, 15) is 4.79 Å². The maximum Gasteiger partial charge on any atom is 0.412 e. The Morgan fingerprint density at radius 3 is 2.76 bits per heavy atom. The SMILES string of the molecule is CCCCNC(=O)Oc1ccc(N=C=S)cc1. The molecule has 0 heterocycles. The van der Waals surface area contributed by atoms with E-state index in [2.05, 4.69) is 34.6 Å². The first-order chi connectivity index (χ1) is 8.26. The molecule has 0 aliphatic heterocycles. The molecule has 0 fully saturated rings. The third-order valence-corrected chi connectivity index (χ3v) is 2.11. The summed E-state index contributed by atoms with van der Waals surface area (Å²) in [6.07, 6.45) is 1.53. The lowest BCUT2D eigenvalue weighted by Gasteiger charge is -2.05. The van der Waals surface area contributed by atoms with Gasteiger partial charge in [-0.15, -0.1) is 0 Å². The van der Waals surface area contributed by atoms with Gasteiger partial charge in [0.1, 0.15) is 5.75 Å². The van der Waals surface area contributed by atoms with Crippen molar-refractivity contribution in [3.63, 3.8) is 0 Å². The summed E-state index contributed by atoms with van der Waals surface area (Å²) < 4.78 is 5.06. The maximum atomic E-state index is 11.3. The summed E-state index contributed by atoms with van der Waals surface area (Å²) in [6, 6.07) is 6.72. The van der Waals surface area contributed by atoms with Gasteiger partial charge in [-0.1, -0.05) is 13.3 Å². The van der Waals surface area contributed by atoms with E-state index in [1.807, 2.05) is 0 Å². The van der Waals surface area contributed by atoms with E-state index >= 15 is 0 Å². The van der Waals surface area contributed by atoms with E-state index < -0.39 is 6.09 Å². The van der Waals surface area contributed by atoms with Crippen LogP contribution in [0.4, 0.5) is 10.5 Å². The third kappa shape index (κ3) is 5.24. The van der Waals surface area contributed by atoms with Crippen LogP contribution in [-0.2, 0) is 0 Å². The average Bonchev–Trinajstić information content (AvgIpc) is 2.32. The Hall–Kier alpha value is -1.71. The van der Waals surface area contributed by atoms with E-state index in [1.54, 1.807) is 24.3 Å². The lowest BCUT2D eigenvalue weighted by atomic mass is 10.3. The number of carbonyl (C=O) groups is 1. The zero-order valence-corrected chi connectivity index (χ0v) is 10.4. The molecule has 0 radical (unpaired) electrons. The lowest BCUT2D eigenvalue weighted by Crippen LogP contribution is -2.27. The topological polar surface area (TPSA) is 50.7 Å². The van der Waals surface area contributed by atoms with E-state index in [0.717, 1.165) is 12.8 Å². The van der Waals surface area contributed by atoms with Crippen molar-refractivity contribution in [2.45, 2.75) is 19.8 Å². The molecule has 5 heteroatoms. The van der Waals surface area contributed by atoms with E-state index in [-0.39, 0.29) is 0 Å². The highest BCUT2D eigenvalue weighted by atomic mass is 32.1. The van der Waals surface area contributed by atoms with Crippen molar-refractivity contribution in [1.82, 2.24) is 5.32 Å². The molecular formula is C12H14N2O2S. The first-order valence-electron chi connectivity index (χ1n) is 5.40. The maximum absolute atomic E-state index is 11.3. The van der Waals surface area contributed by atoms with Crippen LogP contribution < -0.4 is 10.1 Å². The molecule has 1 rings (SSSR count). The third-order valence-electron chi connectivity index (χ3n) is 2.02. The van der Waals surface area contributed by atoms with Crippen LogP contribution in [0.15, 0.2) is 29.3 Å². The van der Waals surface area contributed by atoms with Gasteiger partial charge in [0.2, 0.25) is 0 Å². The number of nitrogens with one attached hydrogen (secondary N) is 1. The molecule has 0 aliphatic rings. The molecule has 17 heavy (non-hydrogen) atoms. The predicted molar refractivity (Wildman–Crippen MR) is 70.1 cm³/mol. The molecule has 4 nitrogen and oxygen atoms in total. The number of amides is 1. The lowest BCUT2D eigenvalue weighted by molar-refractivity contribution is 0.200. The number of unbranched alkanes of at least 4 members (excludes halogenated alkanes) is 1. The zero-order chi connectivity index (χ0) is 12.5. The Kier molecular flexibility index (Phi) is 5.93. The van der Waals surface area contributed by atoms with Gasteiger partial charge in [-0.2, -0.15) is 4.99 Å². The second-order valence-electron chi connectivity index (χ2n) is 3.37. The van der Waals surface area contributed by atoms with Gasteiger partial charge in [0, 0.05) is 6.54 Å². The number of nitrogens with zero attached hydrogens (tertiary/aromatic N) is 1. The summed E-state index contributed by atoms with van der Waals surface area (Å²) >= 11 is 4.48. The van der Waals surface area contributed by atoms with Crippen molar-refractivity contribution < 1.29 is 9.53 Å². The van der Waals surface area contributed by atoms with Crippen LogP contribution in [0.25, 0.3) is 0 Å². The van der Waals surface area contributed by atoms with Crippen molar-refractivity contribution in [3.8, 4) is 5.75 Å². The van der Waals surface area contributed by atoms with Gasteiger partial charge >= 0.3 is 6.09 Å². The average molecular weight is 250 g/mol. The minimum Gasteiger partial charge on any atom is -0.410 e. The van der Waals surface area contributed by atoms with Gasteiger partial charge in [0.25, 0.3) is 0 Å². The monoisotopic (exact) mass is 250 g/mol. The van der Waals surface area contributed by atoms with E-state index in [4.69, 9.17) is 4.74 Å². The quantitative estimate of drug-likeness (QED) is 0.495. The van der Waals surface area contributed by atoms with Gasteiger partial charge in [0.15, 0.2) is 0 Å². The summed E-state index contributed by atoms with van der Waals surface area (Å²) in [6.45, 7) is 2.69. The van der Waals surface area contributed by atoms with Crippen LogP contribution >= 0.6 is 12.2 Å². The van der Waals surface area contributed by atoms with Crippen molar-refractivity contribution >= 4 is 29.2 Å². The first-order valence-corrected chi connectivity index (χ1v) is 5.80. The molecule has 1 amide bonds. The summed E-state index contributed by atoms with van der Waals surface area (Å²) in [5.41, 5.74) is 0.679. The standard InChI is InChI=1S/C12H14N2O2S/c1-2-3-8-13-12(15)16-11-6-4-10(5-7-11)14-9-17/h4-7H,2-3,8H2,1H3,(H,13,15). The second kappa shape index (κ2) is 7.54. The Morgan fingerprint density at radius 1 is 1.47 bits per heavy atom. The van der Waals surface area contributed by atoms with Crippen molar-refractivity contribution in [2.75, 3.05) is 6.54 Å². The minimum atomic E-state index is -0.440. The largest absolute Gasteiger partial charge is 0.412 e. The molecule has 0 spiro atoms. The number of thiocarbonyl (C=S) groups is 1. The van der Waals surface area contributed by atoms with Crippen LogP contribution in [0.2, 0.25) is 0 Å². The fourth-order valence-electron chi connectivity index (χ4n) is 1.15. The van der Waals surface area contributed by atoms with Crippen LogP contribution in [0, 0.1) is 0 Å². The second-order valence-corrected chi connectivity index (χ2v) is 3.55.